The van der Waals surface area contributed by atoms with Crippen molar-refractivity contribution < 1.29 is 4.74 Å². The molecule has 1 aromatic heterocycles. The van der Waals surface area contributed by atoms with Crippen LogP contribution in [0, 0.1) is 29.6 Å². The molecule has 7 unspecified atom stereocenters. The van der Waals surface area contributed by atoms with Gasteiger partial charge in [0, 0.05) is 57.8 Å². The molecule has 4 aromatic rings. The second-order valence-corrected chi connectivity index (χ2v) is 21.9. The third-order valence-electron chi connectivity index (χ3n) is 17.6. The molecule has 9 aliphatic rings. The predicted molar refractivity (Wildman–Crippen MR) is 285 cm³/mol. The fourth-order valence-corrected chi connectivity index (χ4v) is 13.9. The number of hydrogen-bond donors (Lipinski definition) is 2. The monoisotopic (exact) mass is 909 g/mol. The van der Waals surface area contributed by atoms with Gasteiger partial charge in [-0.1, -0.05) is 154 Å². The Morgan fingerprint density at radius 3 is 2.36 bits per heavy atom. The molecule has 5 heteroatoms. The highest BCUT2D eigenvalue weighted by Gasteiger charge is 2.46. The lowest BCUT2D eigenvalue weighted by atomic mass is 9.70. The van der Waals surface area contributed by atoms with Crippen LogP contribution in [0.1, 0.15) is 149 Å². The van der Waals surface area contributed by atoms with Gasteiger partial charge in [0.05, 0.1) is 5.69 Å². The minimum absolute atomic E-state index is 0.0990. The molecule has 350 valence electrons. The van der Waals surface area contributed by atoms with Crippen LogP contribution in [0.15, 0.2) is 167 Å². The Kier molecular flexibility index (Phi) is 11.3. The van der Waals surface area contributed by atoms with Gasteiger partial charge in [0.1, 0.15) is 23.9 Å². The van der Waals surface area contributed by atoms with E-state index in [2.05, 4.69) is 169 Å². The van der Waals surface area contributed by atoms with Crippen molar-refractivity contribution in [3.8, 4) is 0 Å². The van der Waals surface area contributed by atoms with Gasteiger partial charge in [-0.05, 0) is 145 Å². The average molecular weight is 909 g/mol. The number of para-hydroxylation sites is 1. The van der Waals surface area contributed by atoms with Gasteiger partial charge in [-0.3, -0.25) is 0 Å². The van der Waals surface area contributed by atoms with Gasteiger partial charge in [0.25, 0.3) is 0 Å². The third kappa shape index (κ3) is 7.75. The first-order valence-corrected chi connectivity index (χ1v) is 26.9. The number of aliphatic imine (C=N–C) groups is 1. The summed E-state index contributed by atoms with van der Waals surface area (Å²) in [7, 11) is 0. The van der Waals surface area contributed by atoms with Crippen LogP contribution in [0.2, 0.25) is 0 Å². The van der Waals surface area contributed by atoms with Crippen LogP contribution in [0.25, 0.3) is 27.6 Å². The number of benzene rings is 3. The van der Waals surface area contributed by atoms with E-state index in [1.165, 1.54) is 110 Å². The van der Waals surface area contributed by atoms with Gasteiger partial charge in [-0.15, -0.1) is 0 Å². The van der Waals surface area contributed by atoms with E-state index in [1.807, 2.05) is 0 Å². The zero-order chi connectivity index (χ0) is 46.0. The molecule has 3 heterocycles. The molecule has 0 spiro atoms. The van der Waals surface area contributed by atoms with E-state index in [0.29, 0.717) is 23.8 Å². The zero-order valence-corrected chi connectivity index (χ0v) is 40.7. The van der Waals surface area contributed by atoms with Gasteiger partial charge in [0.2, 0.25) is 0 Å². The molecule has 13 rings (SSSR count). The number of nitrogens with zero attached hydrogens (tertiary/aromatic N) is 2. The summed E-state index contributed by atoms with van der Waals surface area (Å²) in [6, 6.07) is 28.4. The Labute approximate surface area is 410 Å². The minimum Gasteiger partial charge on any atom is -0.489 e. The van der Waals surface area contributed by atoms with Gasteiger partial charge in [0.15, 0.2) is 0 Å². The van der Waals surface area contributed by atoms with Crippen LogP contribution in [0.3, 0.4) is 0 Å². The highest BCUT2D eigenvalue weighted by molar-refractivity contribution is 5.95. The van der Waals surface area contributed by atoms with Crippen molar-refractivity contribution in [2.45, 2.75) is 128 Å². The van der Waals surface area contributed by atoms with Gasteiger partial charge >= 0.3 is 0 Å². The summed E-state index contributed by atoms with van der Waals surface area (Å²) in [5.74, 6) is 4.78. The molecule has 69 heavy (non-hydrogen) atoms. The first-order chi connectivity index (χ1) is 34.0. The van der Waals surface area contributed by atoms with Crippen LogP contribution in [0.4, 0.5) is 0 Å². The summed E-state index contributed by atoms with van der Waals surface area (Å²) in [5, 5.41) is 1.42. The van der Waals surface area contributed by atoms with E-state index in [1.54, 1.807) is 5.57 Å². The van der Waals surface area contributed by atoms with Crippen LogP contribution >= 0.6 is 0 Å². The van der Waals surface area contributed by atoms with E-state index in [-0.39, 0.29) is 24.1 Å². The number of fused-ring (bicyclic) bond motifs is 6. The smallest absolute Gasteiger partial charge is 0.144 e. The quantitative estimate of drug-likeness (QED) is 0.173. The van der Waals surface area contributed by atoms with Gasteiger partial charge < -0.3 is 14.7 Å². The summed E-state index contributed by atoms with van der Waals surface area (Å²) >= 11 is 0. The predicted octanol–water partition coefficient (Wildman–Crippen LogP) is 15.3. The summed E-state index contributed by atoms with van der Waals surface area (Å²) in [6.45, 7) is 4.88. The summed E-state index contributed by atoms with van der Waals surface area (Å²) in [4.78, 5) is 5.58. The maximum atomic E-state index is 7.52. The van der Waals surface area contributed by atoms with E-state index in [9.17, 15) is 0 Å². The summed E-state index contributed by atoms with van der Waals surface area (Å²) in [6.07, 6.45) is 42.4. The Morgan fingerprint density at radius 2 is 1.55 bits per heavy atom. The molecule has 0 radical (unpaired) electrons. The minimum atomic E-state index is -0.221. The maximum absolute atomic E-state index is 7.52. The number of hydrazine groups is 1. The van der Waals surface area contributed by atoms with Gasteiger partial charge in [-0.25, -0.2) is 10.4 Å². The lowest BCUT2D eigenvalue weighted by Crippen LogP contribution is -2.36. The molecule has 0 saturated heterocycles. The lowest BCUT2D eigenvalue weighted by Gasteiger charge is -2.35. The number of aromatic nitrogens is 1. The van der Waals surface area contributed by atoms with Crippen molar-refractivity contribution in [1.82, 2.24) is 15.4 Å². The molecule has 7 aliphatic carbocycles. The van der Waals surface area contributed by atoms with Crippen LogP contribution < -0.4 is 10.9 Å². The molecular formula is C64H68N4O. The second kappa shape index (κ2) is 18.1. The summed E-state index contributed by atoms with van der Waals surface area (Å²) < 4.78 is 10.3. The topological polar surface area (TPSA) is 50.6 Å². The number of amidine groups is 1. The fourth-order valence-electron chi connectivity index (χ4n) is 13.9. The van der Waals surface area contributed by atoms with Crippen LogP contribution in [-0.4, -0.2) is 16.5 Å². The van der Waals surface area contributed by atoms with Crippen molar-refractivity contribution >= 4 is 33.5 Å². The molecule has 3 aromatic carbocycles. The Bertz CT molecular complexity index is 3010. The molecule has 2 N–H and O–H groups in total. The normalized spacial score (nSPS) is 30.6. The molecule has 2 aliphatic heterocycles. The number of aryl methyl sites for hydroxylation is 1. The molecule has 0 bridgehead atoms. The first-order valence-electron chi connectivity index (χ1n) is 26.9. The Hall–Kier alpha value is -5.91. The summed E-state index contributed by atoms with van der Waals surface area (Å²) in [5.41, 5.74) is 25.5. The van der Waals surface area contributed by atoms with Crippen LogP contribution in [0.5, 0.6) is 0 Å². The van der Waals surface area contributed by atoms with Crippen molar-refractivity contribution in [2.75, 3.05) is 0 Å². The van der Waals surface area contributed by atoms with Gasteiger partial charge in [-0.2, -0.15) is 0 Å². The first kappa shape index (κ1) is 43.1. The molecule has 7 atom stereocenters. The number of allylic oxidation sites excluding steroid dienone is 15. The average Bonchev–Trinajstić information content (AvgIpc) is 4.15. The number of ether oxygens (including phenoxy) is 1. The third-order valence-corrected chi connectivity index (χ3v) is 17.6. The Morgan fingerprint density at radius 1 is 0.710 bits per heavy atom. The zero-order valence-electron chi connectivity index (χ0n) is 40.7. The Balaban J connectivity index is 0.949. The molecule has 1 fully saturated rings. The molecule has 5 nitrogen and oxygen atoms in total. The lowest BCUT2D eigenvalue weighted by molar-refractivity contribution is 0.165. The standard InChI is InChI=1S/C64H68N4O/c1-40-27-29-44(30-28-40)54-39-52(41(2)35-53(54)43-19-9-4-10-20-43)46-31-32-49(56(36-46)64-65-63(66-67-64)45-21-11-5-12-22-45)55-37-47(42-17-7-3-8-18-42)38-57-60-59(69-62(55)57)34-33-51-50-25-15-16-26-58(50)68(61(51)60)48-23-13-6-14-24-48/h3-7,9-11,13,15-17,19-20,25-26,31-32,35-41,44-45,48,52,57,62,64,67H,8,12,14,18,21-24,27-30,33-34H2,1-2H3,(H,65,66). The molecule has 1 saturated carbocycles. The second-order valence-electron chi connectivity index (χ2n) is 21.9. The van der Waals surface area contributed by atoms with Crippen molar-refractivity contribution in [3.63, 3.8) is 0 Å². The maximum Gasteiger partial charge on any atom is 0.144 e. The highest BCUT2D eigenvalue weighted by Crippen LogP contribution is 2.55. The van der Waals surface area contributed by atoms with E-state index < -0.39 is 0 Å². The number of nitrogens with one attached hydrogen (secondary N) is 2. The van der Waals surface area contributed by atoms with E-state index in [4.69, 9.17) is 9.73 Å². The van der Waals surface area contributed by atoms with Crippen LogP contribution in [-0.2, 0) is 11.2 Å². The fraction of sp³-hybridized carbons (Fsp3) is 0.391. The number of hydrogen-bond acceptors (Lipinski definition) is 4. The van der Waals surface area contributed by atoms with E-state index >= 15 is 0 Å². The van der Waals surface area contributed by atoms with Crippen molar-refractivity contribution in [3.05, 3.63) is 196 Å². The van der Waals surface area contributed by atoms with Crippen molar-refractivity contribution in [1.29, 1.82) is 0 Å². The van der Waals surface area contributed by atoms with E-state index in [0.717, 1.165) is 69.5 Å². The SMILES string of the molecule is CC1CCC(C2=CC(c3ccc(C4=CC(C5=CC=CCC5)=CC5C6=C(CCc7c6n(C6CC=CCC6)c6ccccc76)OC45)c(C4N=C(C5CC=CCC5)NN4)c3)C(C)C=C2c2ccccc2)CC1. The van der Waals surface area contributed by atoms with Crippen molar-refractivity contribution in [2.24, 2.45) is 34.6 Å². The largest absolute Gasteiger partial charge is 0.489 e. The molecular weight excluding hydrogens is 841 g/mol. The number of rotatable bonds is 8. The molecule has 0 amide bonds. The highest BCUT2D eigenvalue weighted by atomic mass is 16.5.